The van der Waals surface area contributed by atoms with Gasteiger partial charge in [-0.3, -0.25) is 4.79 Å². The number of nitrogens with one attached hydrogen (secondary N) is 1. The van der Waals surface area contributed by atoms with Gasteiger partial charge < -0.3 is 5.32 Å². The van der Waals surface area contributed by atoms with Crippen molar-refractivity contribution < 1.29 is 4.79 Å². The van der Waals surface area contributed by atoms with Crippen LogP contribution in [0, 0.1) is 13.8 Å². The third kappa shape index (κ3) is 4.11. The lowest BCUT2D eigenvalue weighted by Gasteiger charge is -2.06. The Morgan fingerprint density at radius 2 is 2.00 bits per heavy atom. The fourth-order valence-electron chi connectivity index (χ4n) is 1.68. The highest BCUT2D eigenvalue weighted by Gasteiger charge is 2.06. The average Bonchev–Trinajstić information content (AvgIpc) is 2.81. The lowest BCUT2D eigenvalue weighted by atomic mass is 10.2. The van der Waals surface area contributed by atoms with E-state index < -0.39 is 0 Å². The first-order chi connectivity index (χ1) is 9.16. The van der Waals surface area contributed by atoms with Crippen LogP contribution in [-0.2, 0) is 11.3 Å². The maximum absolute atomic E-state index is 11.8. The Bertz CT molecular complexity index is 563. The van der Waals surface area contributed by atoms with Crippen molar-refractivity contribution in [2.75, 3.05) is 5.75 Å². The molecule has 2 rings (SSSR count). The van der Waals surface area contributed by atoms with Crippen LogP contribution >= 0.6 is 23.1 Å². The first-order valence-corrected chi connectivity index (χ1v) is 8.01. The monoisotopic (exact) mass is 291 g/mol. The van der Waals surface area contributed by atoms with Gasteiger partial charge in [0.2, 0.25) is 5.91 Å². The van der Waals surface area contributed by atoms with Gasteiger partial charge in [-0.1, -0.05) is 18.2 Å². The molecule has 100 valence electrons. The summed E-state index contributed by atoms with van der Waals surface area (Å²) in [5, 5.41) is 5.02. The number of benzene rings is 1. The van der Waals surface area contributed by atoms with E-state index in [0.717, 1.165) is 0 Å². The van der Waals surface area contributed by atoms with Crippen LogP contribution in [0.4, 0.5) is 0 Å². The van der Waals surface area contributed by atoms with Crippen LogP contribution in [0.5, 0.6) is 0 Å². The normalized spacial score (nSPS) is 10.4. The maximum Gasteiger partial charge on any atom is 0.230 e. The predicted molar refractivity (Wildman–Crippen MR) is 82.8 cm³/mol. The third-order valence-electron chi connectivity index (χ3n) is 2.87. The molecule has 0 aliphatic rings. The summed E-state index contributed by atoms with van der Waals surface area (Å²) in [5.41, 5.74) is 2.46. The summed E-state index contributed by atoms with van der Waals surface area (Å²) in [6.07, 6.45) is 0. The molecule has 1 heterocycles. The number of carbonyl (C=O) groups excluding carboxylic acids is 1. The van der Waals surface area contributed by atoms with E-state index >= 15 is 0 Å². The van der Waals surface area contributed by atoms with E-state index in [1.165, 1.54) is 20.9 Å². The van der Waals surface area contributed by atoms with Gasteiger partial charge in [-0.05, 0) is 42.5 Å². The molecular weight excluding hydrogens is 274 g/mol. The van der Waals surface area contributed by atoms with E-state index in [9.17, 15) is 4.79 Å². The van der Waals surface area contributed by atoms with Crippen molar-refractivity contribution in [3.05, 3.63) is 51.7 Å². The molecule has 0 aliphatic carbocycles. The zero-order chi connectivity index (χ0) is 13.7. The van der Waals surface area contributed by atoms with Gasteiger partial charge in [0.1, 0.15) is 0 Å². The number of thioether (sulfide) groups is 1. The third-order valence-corrected chi connectivity index (χ3v) is 5.07. The largest absolute Gasteiger partial charge is 0.350 e. The highest BCUT2D eigenvalue weighted by atomic mass is 32.2. The summed E-state index contributed by atoms with van der Waals surface area (Å²) in [4.78, 5) is 14.2. The van der Waals surface area contributed by atoms with Crippen LogP contribution in [0.2, 0.25) is 0 Å². The Kier molecular flexibility index (Phi) is 5.05. The summed E-state index contributed by atoms with van der Waals surface area (Å²) in [6, 6.07) is 10.2. The molecule has 0 saturated heterocycles. The number of hydrogen-bond donors (Lipinski definition) is 1. The molecule has 1 N–H and O–H groups in total. The van der Waals surface area contributed by atoms with E-state index in [1.54, 1.807) is 23.1 Å². The van der Waals surface area contributed by atoms with Crippen molar-refractivity contribution >= 4 is 29.0 Å². The highest BCUT2D eigenvalue weighted by molar-refractivity contribution is 8.00. The van der Waals surface area contributed by atoms with Crippen LogP contribution in [0.25, 0.3) is 0 Å². The number of thiophene rings is 1. The van der Waals surface area contributed by atoms with Crippen molar-refractivity contribution in [1.82, 2.24) is 5.32 Å². The molecule has 4 heteroatoms. The van der Waals surface area contributed by atoms with Crippen molar-refractivity contribution in [3.8, 4) is 0 Å². The van der Waals surface area contributed by atoms with Crippen LogP contribution in [0.3, 0.4) is 0 Å². The highest BCUT2D eigenvalue weighted by Crippen LogP contribution is 2.21. The van der Waals surface area contributed by atoms with Gasteiger partial charge in [-0.15, -0.1) is 23.1 Å². The van der Waals surface area contributed by atoms with Gasteiger partial charge in [0.05, 0.1) is 12.3 Å². The predicted octanol–water partition coefficient (Wildman–Crippen LogP) is 3.77. The molecule has 1 amide bonds. The van der Waals surface area contributed by atoms with Crippen LogP contribution < -0.4 is 5.32 Å². The summed E-state index contributed by atoms with van der Waals surface area (Å²) >= 11 is 3.27. The number of carbonyl (C=O) groups is 1. The molecule has 19 heavy (non-hydrogen) atoms. The van der Waals surface area contributed by atoms with Gasteiger partial charge in [-0.2, -0.15) is 0 Å². The summed E-state index contributed by atoms with van der Waals surface area (Å²) < 4.78 is 0. The first-order valence-electron chi connectivity index (χ1n) is 6.15. The van der Waals surface area contributed by atoms with Crippen LogP contribution in [0.1, 0.15) is 16.0 Å². The molecule has 2 aromatic rings. The minimum Gasteiger partial charge on any atom is -0.350 e. The molecule has 2 nitrogen and oxygen atoms in total. The molecule has 0 unspecified atom stereocenters. The fraction of sp³-hybridized carbons (Fsp3) is 0.267. The van der Waals surface area contributed by atoms with Crippen LogP contribution in [-0.4, -0.2) is 11.7 Å². The second-order valence-corrected chi connectivity index (χ2v) is 6.38. The van der Waals surface area contributed by atoms with E-state index in [2.05, 4.69) is 42.7 Å². The van der Waals surface area contributed by atoms with Crippen molar-refractivity contribution in [2.24, 2.45) is 0 Å². The van der Waals surface area contributed by atoms with E-state index in [0.29, 0.717) is 12.3 Å². The molecule has 0 bridgehead atoms. The molecule has 0 spiro atoms. The Morgan fingerprint density at radius 1 is 1.21 bits per heavy atom. The topological polar surface area (TPSA) is 29.1 Å². The molecule has 1 aromatic carbocycles. The summed E-state index contributed by atoms with van der Waals surface area (Å²) in [5.74, 6) is 0.552. The quantitative estimate of drug-likeness (QED) is 0.850. The van der Waals surface area contributed by atoms with E-state index in [4.69, 9.17) is 0 Å². The summed E-state index contributed by atoms with van der Waals surface area (Å²) in [7, 11) is 0. The lowest BCUT2D eigenvalue weighted by Crippen LogP contribution is -2.24. The minimum absolute atomic E-state index is 0.0843. The molecule has 0 fully saturated rings. The SMILES string of the molecule is Cc1ccccc1SCC(=O)NCc1sccc1C. The maximum atomic E-state index is 11.8. The molecular formula is C15H17NOS2. The Labute approximate surface area is 122 Å². The minimum atomic E-state index is 0.0843. The molecule has 0 aliphatic heterocycles. The zero-order valence-electron chi connectivity index (χ0n) is 11.1. The zero-order valence-corrected chi connectivity index (χ0v) is 12.7. The fourth-order valence-corrected chi connectivity index (χ4v) is 3.38. The molecule has 1 aromatic heterocycles. The average molecular weight is 291 g/mol. The smallest absolute Gasteiger partial charge is 0.230 e. The van der Waals surface area contributed by atoms with Gasteiger partial charge in [-0.25, -0.2) is 0 Å². The van der Waals surface area contributed by atoms with Crippen molar-refractivity contribution in [3.63, 3.8) is 0 Å². The van der Waals surface area contributed by atoms with E-state index in [-0.39, 0.29) is 5.91 Å². The van der Waals surface area contributed by atoms with Gasteiger partial charge in [0.15, 0.2) is 0 Å². The number of rotatable bonds is 5. The van der Waals surface area contributed by atoms with Gasteiger partial charge >= 0.3 is 0 Å². The molecule has 0 saturated carbocycles. The lowest BCUT2D eigenvalue weighted by molar-refractivity contribution is -0.118. The van der Waals surface area contributed by atoms with E-state index in [1.807, 2.05) is 12.1 Å². The number of aryl methyl sites for hydroxylation is 2. The molecule has 0 radical (unpaired) electrons. The standard InChI is InChI=1S/C15H17NOS2/c1-11-5-3-4-6-13(11)19-10-15(17)16-9-14-12(2)7-8-18-14/h3-8H,9-10H2,1-2H3,(H,16,17). The van der Waals surface area contributed by atoms with Crippen LogP contribution in [0.15, 0.2) is 40.6 Å². The Balaban J connectivity index is 1.79. The van der Waals surface area contributed by atoms with Crippen molar-refractivity contribution in [2.45, 2.75) is 25.3 Å². The Hall–Kier alpha value is -1.26. The second kappa shape index (κ2) is 6.78. The number of hydrogen-bond acceptors (Lipinski definition) is 3. The molecule has 0 atom stereocenters. The van der Waals surface area contributed by atoms with Gasteiger partial charge in [0, 0.05) is 9.77 Å². The number of amides is 1. The van der Waals surface area contributed by atoms with Crippen molar-refractivity contribution in [1.29, 1.82) is 0 Å². The summed E-state index contributed by atoms with van der Waals surface area (Å²) in [6.45, 7) is 4.77. The second-order valence-electron chi connectivity index (χ2n) is 4.36. The van der Waals surface area contributed by atoms with Gasteiger partial charge in [0.25, 0.3) is 0 Å². The first kappa shape index (κ1) is 14.2. The Morgan fingerprint density at radius 3 is 2.68 bits per heavy atom.